The zero-order valence-electron chi connectivity index (χ0n) is 45.0. The molecule has 2 aromatic heterocycles. The highest BCUT2D eigenvalue weighted by atomic mass is 19.2. The fourth-order valence-corrected chi connectivity index (χ4v) is 9.55. The molecular weight excluding hydrogens is 1090 g/mol. The highest BCUT2D eigenvalue weighted by Gasteiger charge is 2.38. The number of aliphatic hydroxyl groups excluding tert-OH is 1. The largest absolute Gasteiger partial charge is 0.458 e. The van der Waals surface area contributed by atoms with Crippen LogP contribution < -0.4 is 31.6 Å². The third-order valence-electron chi connectivity index (χ3n) is 13.9. The van der Waals surface area contributed by atoms with Gasteiger partial charge in [-0.1, -0.05) is 26.0 Å². The van der Waals surface area contributed by atoms with Crippen LogP contribution in [0.4, 0.5) is 32.4 Å². The Morgan fingerprint density at radius 1 is 0.780 bits per heavy atom. The highest BCUT2D eigenvalue weighted by Crippen LogP contribution is 2.45. The van der Waals surface area contributed by atoms with E-state index in [1.807, 2.05) is 0 Å². The molecule has 1 aliphatic carbocycles. The smallest absolute Gasteiger partial charge is 0.407 e. The summed E-state index contributed by atoms with van der Waals surface area (Å²) in [6.07, 6.45) is -2.14. The Balaban J connectivity index is 0.716. The number of carbonyl (C=O) groups excluding carboxylic acids is 6. The number of benzene rings is 3. The molecule has 0 bridgehead atoms. The number of cyclic esters (lactones) is 1. The van der Waals surface area contributed by atoms with Crippen LogP contribution in [-0.2, 0) is 78.6 Å². The number of aromatic nitrogens is 2. The van der Waals surface area contributed by atoms with E-state index in [0.29, 0.717) is 63.1 Å². The van der Waals surface area contributed by atoms with Crippen molar-refractivity contribution >= 4 is 52.3 Å². The molecule has 2 aliphatic heterocycles. The van der Waals surface area contributed by atoms with Crippen LogP contribution in [0.25, 0.3) is 22.3 Å². The molecule has 82 heavy (non-hydrogen) atoms. The summed E-state index contributed by atoms with van der Waals surface area (Å²) in [5.41, 5.74) is 4.27. The highest BCUT2D eigenvalue weighted by molar-refractivity contribution is 5.98. The van der Waals surface area contributed by atoms with Crippen molar-refractivity contribution in [2.45, 2.75) is 97.4 Å². The number of ether oxygens (including phenoxy) is 7. The zero-order valence-corrected chi connectivity index (χ0v) is 45.0. The Kier molecular flexibility index (Phi) is 19.7. The Bertz CT molecular complexity index is 3320. The monoisotopic (exact) mass is 1150 g/mol. The third-order valence-corrected chi connectivity index (χ3v) is 13.9. The van der Waals surface area contributed by atoms with Crippen molar-refractivity contribution < 1.29 is 89.0 Å². The van der Waals surface area contributed by atoms with Crippen LogP contribution >= 0.6 is 0 Å². The molecule has 0 saturated heterocycles. The first-order valence-corrected chi connectivity index (χ1v) is 26.3. The van der Waals surface area contributed by atoms with Crippen LogP contribution in [0.5, 0.6) is 5.75 Å². The van der Waals surface area contributed by atoms with Crippen molar-refractivity contribution in [2.24, 2.45) is 5.92 Å². The lowest BCUT2D eigenvalue weighted by atomic mass is 9.82. The number of carbonyl (C=O) groups is 6. The van der Waals surface area contributed by atoms with Crippen molar-refractivity contribution in [3.8, 4) is 17.1 Å². The minimum absolute atomic E-state index is 0.00882. The topological polar surface area (TPSA) is 270 Å². The predicted octanol–water partition coefficient (Wildman–Crippen LogP) is 5.47. The summed E-state index contributed by atoms with van der Waals surface area (Å²) in [5, 5.41) is 22.3. The third kappa shape index (κ3) is 13.9. The number of anilines is 1. The molecule has 21 nitrogen and oxygen atoms in total. The van der Waals surface area contributed by atoms with Gasteiger partial charge in [0.15, 0.2) is 17.7 Å². The second kappa shape index (κ2) is 26.8. The van der Waals surface area contributed by atoms with E-state index in [-0.39, 0.29) is 102 Å². The van der Waals surface area contributed by atoms with Gasteiger partial charge in [0.1, 0.15) is 31.1 Å². The Labute approximate surface area is 465 Å². The average molecular weight is 1150 g/mol. The summed E-state index contributed by atoms with van der Waals surface area (Å²) in [6.45, 7) is 6.92. The van der Waals surface area contributed by atoms with Gasteiger partial charge in [0.2, 0.25) is 35.1 Å². The van der Waals surface area contributed by atoms with Crippen molar-refractivity contribution in [1.29, 1.82) is 0 Å². The molecule has 3 aliphatic rings. The fourth-order valence-electron chi connectivity index (χ4n) is 9.55. The molecule has 8 rings (SSSR count). The van der Waals surface area contributed by atoms with Crippen LogP contribution in [0, 0.1) is 41.9 Å². The van der Waals surface area contributed by atoms with Gasteiger partial charge in [-0.25, -0.2) is 27.7 Å². The summed E-state index contributed by atoms with van der Waals surface area (Å²) in [4.78, 5) is 95.2. The lowest BCUT2D eigenvalue weighted by Crippen LogP contribution is -2.53. The number of aryl methyl sites for hydroxylation is 1. The first-order valence-electron chi connectivity index (χ1n) is 26.3. The van der Waals surface area contributed by atoms with Gasteiger partial charge in [0.25, 0.3) is 5.56 Å². The summed E-state index contributed by atoms with van der Waals surface area (Å²) >= 11 is 0. The lowest BCUT2D eigenvalue weighted by molar-refractivity contribution is -0.157. The summed E-state index contributed by atoms with van der Waals surface area (Å²) in [5.74, 6) is -13.0. The molecule has 4 heterocycles. The van der Waals surface area contributed by atoms with E-state index in [0.717, 1.165) is 5.56 Å². The molecule has 26 heteroatoms. The summed E-state index contributed by atoms with van der Waals surface area (Å²) < 4.78 is 107. The van der Waals surface area contributed by atoms with Crippen molar-refractivity contribution in [2.75, 3.05) is 58.2 Å². The van der Waals surface area contributed by atoms with Gasteiger partial charge in [-0.3, -0.25) is 24.0 Å². The minimum atomic E-state index is -1.83. The quantitative estimate of drug-likeness (QED) is 0.0156. The minimum Gasteiger partial charge on any atom is -0.458 e. The molecule has 5 aromatic rings. The number of rotatable bonds is 25. The molecule has 3 aromatic carbocycles. The van der Waals surface area contributed by atoms with Crippen molar-refractivity contribution in [3.05, 3.63) is 121 Å². The van der Waals surface area contributed by atoms with Crippen LogP contribution in [0.2, 0.25) is 0 Å². The number of halogens is 5. The molecule has 4 amide bonds. The summed E-state index contributed by atoms with van der Waals surface area (Å²) in [6, 6.07) is 6.71. The molecule has 438 valence electrons. The number of nitrogens with one attached hydrogen (secondary N) is 4. The number of amides is 4. The Morgan fingerprint density at radius 2 is 1.41 bits per heavy atom. The number of hydrogen-bond acceptors (Lipinski definition) is 16. The van der Waals surface area contributed by atoms with Crippen LogP contribution in [0.1, 0.15) is 91.1 Å². The van der Waals surface area contributed by atoms with E-state index in [1.54, 1.807) is 45.0 Å². The number of fused-ring (bicyclic) bond motifs is 5. The van der Waals surface area contributed by atoms with E-state index in [2.05, 4.69) is 26.0 Å². The maximum absolute atomic E-state index is 15.3. The maximum Gasteiger partial charge on any atom is 0.407 e. The maximum atomic E-state index is 15.3. The van der Waals surface area contributed by atoms with E-state index in [4.69, 9.17) is 33.4 Å². The number of esters is 2. The van der Waals surface area contributed by atoms with Gasteiger partial charge in [-0.15, -0.1) is 0 Å². The van der Waals surface area contributed by atoms with E-state index < -0.39 is 107 Å². The van der Waals surface area contributed by atoms with E-state index >= 15 is 4.39 Å². The van der Waals surface area contributed by atoms with Crippen LogP contribution in [0.15, 0.2) is 47.3 Å². The van der Waals surface area contributed by atoms with Crippen molar-refractivity contribution in [1.82, 2.24) is 25.5 Å². The number of nitrogens with zero attached hydrogens (tertiary/aromatic N) is 2. The first kappa shape index (κ1) is 60.2. The Morgan fingerprint density at radius 3 is 2.06 bits per heavy atom. The standard InChI is InChI=1S/C56H59F5N6O15/c1-27(2)48(66-42(68)11-13-76-15-17-78-19-20-79-18-16-77-14-12-43(69)82-51-46(60)37(58)22-38(59)47(51)61)53(72)62-29(4)52(71)63-31-7-5-30(6-8-31)25-81-56(75)65-39-10-9-32-28(3)36(57)23-40-44(32)45(39)34-24-67-41(49(34)64-40)21-33-35(54(67)73)26-80-55(74)50(33)70/h5-8,21-23,27,29,39,48,50,70H,9-20,24-26H2,1-4H3,(H,62,72)(H,63,71)(H,65,75)(H,66,68)/t29-,39?,48-,50-/m0/s1. The molecular formula is C56H59F5N6O15. The molecule has 1 unspecified atom stereocenters. The molecule has 0 radical (unpaired) electrons. The molecule has 0 saturated carbocycles. The number of hydrogen-bond donors (Lipinski definition) is 5. The zero-order chi connectivity index (χ0) is 58.9. The predicted molar refractivity (Wildman–Crippen MR) is 278 cm³/mol. The lowest BCUT2D eigenvalue weighted by Gasteiger charge is -2.29. The number of aliphatic hydroxyl groups is 1. The number of alkyl carbamates (subject to hydrolysis) is 1. The first-order chi connectivity index (χ1) is 39.2. The van der Waals surface area contributed by atoms with Crippen LogP contribution in [0.3, 0.4) is 0 Å². The van der Waals surface area contributed by atoms with Gasteiger partial charge in [-0.2, -0.15) is 8.78 Å². The SMILES string of the molecule is Cc1c(F)cc2nc3c(c4c2c1CCC4NC(=O)OCc1ccc(NC(=O)[C@H](C)NC(=O)[C@@H](NC(=O)CCOCCOCCOCCOCCC(=O)Oc2c(F)c(F)cc(F)c2F)C(C)C)cc1)Cn1c-3cc2c(c1=O)COC(=O)[C@H]2O. The van der Waals surface area contributed by atoms with Crippen molar-refractivity contribution in [3.63, 3.8) is 0 Å². The Hall–Kier alpha value is -7.91. The van der Waals surface area contributed by atoms with Gasteiger partial charge < -0.3 is 64.1 Å². The second-order valence-corrected chi connectivity index (χ2v) is 19.8. The molecule has 4 atom stereocenters. The normalized spacial score (nSPS) is 15.7. The van der Waals surface area contributed by atoms with E-state index in [9.17, 15) is 56.2 Å². The molecule has 5 N–H and O–H groups in total. The second-order valence-electron chi connectivity index (χ2n) is 19.8. The molecule has 0 fully saturated rings. The van der Waals surface area contributed by atoms with Gasteiger partial charge >= 0.3 is 18.0 Å². The van der Waals surface area contributed by atoms with Gasteiger partial charge in [-0.05, 0) is 73.1 Å². The van der Waals surface area contributed by atoms with Gasteiger partial charge in [0.05, 0.1) is 94.3 Å². The molecule has 0 spiro atoms. The van der Waals surface area contributed by atoms with Gasteiger partial charge in [0, 0.05) is 40.8 Å². The fraction of sp³-hybridized carbons (Fsp3) is 0.429. The van der Waals surface area contributed by atoms with Crippen LogP contribution in [-0.4, -0.2) is 115 Å². The number of pyridine rings is 2. The average Bonchev–Trinajstić information content (AvgIpc) is 1.80. The van der Waals surface area contributed by atoms with E-state index in [1.165, 1.54) is 23.6 Å². The summed E-state index contributed by atoms with van der Waals surface area (Å²) in [7, 11) is 0.